The minimum absolute atomic E-state index is 0.000488. The number of hydrogen-bond donors (Lipinski definition) is 2. The third-order valence-corrected chi connectivity index (χ3v) is 12.5. The van der Waals surface area contributed by atoms with Crippen LogP contribution in [0.15, 0.2) is 12.2 Å². The summed E-state index contributed by atoms with van der Waals surface area (Å²) in [7, 11) is 1.26. The van der Waals surface area contributed by atoms with Crippen molar-refractivity contribution in [3.63, 3.8) is 0 Å². The van der Waals surface area contributed by atoms with Crippen molar-refractivity contribution in [1.82, 2.24) is 5.32 Å². The summed E-state index contributed by atoms with van der Waals surface area (Å²) in [5.74, 6) is -0.202. The monoisotopic (exact) mass is 843 g/mol. The van der Waals surface area contributed by atoms with Crippen LogP contribution < -0.4 is 10.2 Å². The van der Waals surface area contributed by atoms with Gasteiger partial charge in [-0.05, 0) is 12.8 Å². The summed E-state index contributed by atoms with van der Waals surface area (Å²) in [5, 5.41) is 13.5. The second-order valence-corrected chi connectivity index (χ2v) is 19.9. The lowest BCUT2D eigenvalue weighted by molar-refractivity contribution is -0.870. The van der Waals surface area contributed by atoms with Crippen LogP contribution in [0.3, 0.4) is 0 Å². The fourth-order valence-electron chi connectivity index (χ4n) is 7.49. The van der Waals surface area contributed by atoms with Crippen LogP contribution in [0.4, 0.5) is 0 Å². The molecule has 0 aromatic carbocycles. The van der Waals surface area contributed by atoms with Crippen molar-refractivity contribution in [2.24, 2.45) is 0 Å². The van der Waals surface area contributed by atoms with Crippen molar-refractivity contribution >= 4 is 13.7 Å². The van der Waals surface area contributed by atoms with Gasteiger partial charge in [0, 0.05) is 6.42 Å². The molecule has 0 bridgehead atoms. The number of aliphatic hydroxyl groups is 1. The predicted octanol–water partition coefficient (Wildman–Crippen LogP) is 13.7. The molecule has 1 amide bonds. The molecule has 0 aromatic heterocycles. The minimum Gasteiger partial charge on any atom is -0.756 e. The number of allylic oxidation sites excluding steroid dienone is 1. The molecule has 0 aliphatic rings. The summed E-state index contributed by atoms with van der Waals surface area (Å²) in [6.45, 7) is 4.51. The maximum absolute atomic E-state index is 12.7. The van der Waals surface area contributed by atoms with Crippen LogP contribution in [0.25, 0.3) is 0 Å². The first-order valence-corrected chi connectivity index (χ1v) is 26.5. The van der Waals surface area contributed by atoms with E-state index in [2.05, 4.69) is 19.2 Å². The Kier molecular flexibility index (Phi) is 41.0. The highest BCUT2D eigenvalue weighted by atomic mass is 31.2. The number of quaternary nitrogens is 1. The summed E-state index contributed by atoms with van der Waals surface area (Å²) >= 11 is 0. The molecular weight excluding hydrogens is 744 g/mol. The Labute approximate surface area is 361 Å². The number of carbonyl (C=O) groups is 1. The summed E-state index contributed by atoms with van der Waals surface area (Å²) in [6.07, 6.45) is 49.4. The van der Waals surface area contributed by atoms with Crippen LogP contribution in [0, 0.1) is 0 Å². The van der Waals surface area contributed by atoms with Gasteiger partial charge in [-0.1, -0.05) is 238 Å². The second-order valence-electron chi connectivity index (χ2n) is 18.5. The topological polar surface area (TPSA) is 108 Å². The maximum atomic E-state index is 12.7. The van der Waals surface area contributed by atoms with Gasteiger partial charge in [0.25, 0.3) is 7.82 Å². The second kappa shape index (κ2) is 41.6. The van der Waals surface area contributed by atoms with E-state index in [0.717, 1.165) is 38.5 Å². The fourth-order valence-corrected chi connectivity index (χ4v) is 8.22. The molecule has 0 aliphatic heterocycles. The van der Waals surface area contributed by atoms with Gasteiger partial charge < -0.3 is 28.8 Å². The number of carbonyl (C=O) groups excluding carboxylic acids is 1. The molecule has 0 radical (unpaired) electrons. The molecule has 0 aromatic rings. The number of rotatable bonds is 46. The van der Waals surface area contributed by atoms with E-state index in [1.807, 2.05) is 27.2 Å². The minimum atomic E-state index is -4.56. The Morgan fingerprint density at radius 3 is 1.28 bits per heavy atom. The van der Waals surface area contributed by atoms with E-state index in [-0.39, 0.29) is 19.1 Å². The lowest BCUT2D eigenvalue weighted by atomic mass is 10.0. The number of aliphatic hydroxyl groups excluding tert-OH is 1. The quantitative estimate of drug-likeness (QED) is 0.0273. The first-order valence-electron chi connectivity index (χ1n) is 25.1. The van der Waals surface area contributed by atoms with Crippen LogP contribution in [0.1, 0.15) is 245 Å². The number of likely N-dealkylation sites (N-methyl/N-ethyl adjacent to an activating group) is 1. The molecule has 346 valence electrons. The van der Waals surface area contributed by atoms with Crippen LogP contribution in [0.5, 0.6) is 0 Å². The van der Waals surface area contributed by atoms with Gasteiger partial charge in [0.2, 0.25) is 5.91 Å². The zero-order chi connectivity index (χ0) is 42.8. The van der Waals surface area contributed by atoms with E-state index in [4.69, 9.17) is 9.05 Å². The molecule has 0 fully saturated rings. The largest absolute Gasteiger partial charge is 0.756 e. The molecule has 9 heteroatoms. The Balaban J connectivity index is 3.71. The Morgan fingerprint density at radius 2 is 0.931 bits per heavy atom. The number of hydrogen-bond acceptors (Lipinski definition) is 6. The van der Waals surface area contributed by atoms with E-state index in [1.165, 1.54) is 186 Å². The van der Waals surface area contributed by atoms with Crippen LogP contribution in [-0.4, -0.2) is 68.5 Å². The molecule has 0 saturated heterocycles. The predicted molar refractivity (Wildman–Crippen MR) is 247 cm³/mol. The molecule has 0 heterocycles. The van der Waals surface area contributed by atoms with Gasteiger partial charge in [0.05, 0.1) is 39.9 Å². The number of nitrogens with one attached hydrogen (secondary N) is 1. The summed E-state index contributed by atoms with van der Waals surface area (Å²) in [4.78, 5) is 25.0. The van der Waals surface area contributed by atoms with Gasteiger partial charge in [-0.25, -0.2) is 0 Å². The lowest BCUT2D eigenvalue weighted by Gasteiger charge is -2.29. The Morgan fingerprint density at radius 1 is 0.586 bits per heavy atom. The van der Waals surface area contributed by atoms with E-state index in [9.17, 15) is 19.4 Å². The first kappa shape index (κ1) is 57.2. The van der Waals surface area contributed by atoms with Gasteiger partial charge in [0.15, 0.2) is 0 Å². The van der Waals surface area contributed by atoms with Crippen molar-refractivity contribution < 1.29 is 32.9 Å². The van der Waals surface area contributed by atoms with E-state index < -0.39 is 20.0 Å². The molecule has 0 rings (SSSR count). The van der Waals surface area contributed by atoms with E-state index in [1.54, 1.807) is 6.08 Å². The average molecular weight is 843 g/mol. The molecule has 58 heavy (non-hydrogen) atoms. The smallest absolute Gasteiger partial charge is 0.268 e. The zero-order valence-corrected chi connectivity index (χ0v) is 40.2. The van der Waals surface area contributed by atoms with Crippen LogP contribution >= 0.6 is 7.82 Å². The summed E-state index contributed by atoms with van der Waals surface area (Å²) in [6, 6.07) is -0.877. The van der Waals surface area contributed by atoms with Gasteiger partial charge >= 0.3 is 0 Å². The number of phosphoric ester groups is 1. The molecule has 3 unspecified atom stereocenters. The standard InChI is InChI=1S/C49H99N2O6P/c1-6-8-10-12-13-14-15-16-17-18-19-20-21-22-23-24-25-26-27-28-29-30-31-32-33-34-35-36-37-38-39-41-43-49(53)50-47(48(52)42-40-11-9-7-2)46-57-58(54,55)56-45-44-51(3,4)5/h40,42,47-48,52H,6-39,41,43-46H2,1-5H3,(H-,50,53,54,55)/b42-40+. The fraction of sp³-hybridized carbons (Fsp3) is 0.939. The number of phosphoric acid groups is 1. The van der Waals surface area contributed by atoms with E-state index >= 15 is 0 Å². The van der Waals surface area contributed by atoms with Gasteiger partial charge in [-0.3, -0.25) is 9.36 Å². The number of amides is 1. The number of nitrogens with zero attached hydrogens (tertiary/aromatic N) is 1. The molecule has 0 aliphatic carbocycles. The van der Waals surface area contributed by atoms with Gasteiger partial charge in [-0.2, -0.15) is 0 Å². The van der Waals surface area contributed by atoms with Crippen molar-refractivity contribution in [2.45, 2.75) is 257 Å². The molecule has 8 nitrogen and oxygen atoms in total. The van der Waals surface area contributed by atoms with Crippen LogP contribution in [0.2, 0.25) is 0 Å². The average Bonchev–Trinajstić information content (AvgIpc) is 3.17. The highest BCUT2D eigenvalue weighted by Crippen LogP contribution is 2.38. The summed E-state index contributed by atoms with van der Waals surface area (Å²) < 4.78 is 23.0. The Bertz CT molecular complexity index is 958. The molecule has 2 N–H and O–H groups in total. The maximum Gasteiger partial charge on any atom is 0.268 e. The van der Waals surface area contributed by atoms with Gasteiger partial charge in [-0.15, -0.1) is 0 Å². The highest BCUT2D eigenvalue weighted by molar-refractivity contribution is 7.45. The molecule has 3 atom stereocenters. The summed E-state index contributed by atoms with van der Waals surface area (Å²) in [5.41, 5.74) is 0. The Hall–Kier alpha value is -0.760. The third-order valence-electron chi connectivity index (χ3n) is 11.5. The van der Waals surface area contributed by atoms with Crippen molar-refractivity contribution in [2.75, 3.05) is 40.9 Å². The normalized spacial score (nSPS) is 14.3. The van der Waals surface area contributed by atoms with Crippen molar-refractivity contribution in [3.8, 4) is 0 Å². The lowest BCUT2D eigenvalue weighted by Crippen LogP contribution is -2.45. The SMILES string of the molecule is CCCC/C=C/C(O)C(COP(=O)([O-])OCC[N+](C)(C)C)NC(=O)CCCCCCCCCCCCCCCCCCCCCCCCCCCCCCCCCC. The molecular formula is C49H99N2O6P. The third kappa shape index (κ3) is 43.3. The van der Waals surface area contributed by atoms with Crippen molar-refractivity contribution in [3.05, 3.63) is 12.2 Å². The van der Waals surface area contributed by atoms with Gasteiger partial charge in [0.1, 0.15) is 13.2 Å². The molecule has 0 saturated carbocycles. The van der Waals surface area contributed by atoms with E-state index in [0.29, 0.717) is 17.4 Å². The number of unbranched alkanes of at least 4 members (excludes halogenated alkanes) is 33. The zero-order valence-electron chi connectivity index (χ0n) is 39.3. The first-order chi connectivity index (χ1) is 28.0. The highest BCUT2D eigenvalue weighted by Gasteiger charge is 2.23. The van der Waals surface area contributed by atoms with Crippen molar-refractivity contribution in [1.29, 1.82) is 0 Å². The van der Waals surface area contributed by atoms with Crippen LogP contribution in [-0.2, 0) is 18.4 Å². The molecule has 0 spiro atoms.